The van der Waals surface area contributed by atoms with E-state index in [1.807, 2.05) is 0 Å². The van der Waals surface area contributed by atoms with E-state index in [1.165, 1.54) is 19.2 Å². The van der Waals surface area contributed by atoms with Crippen LogP contribution in [0.5, 0.6) is 0 Å². The van der Waals surface area contributed by atoms with Gasteiger partial charge in [0.1, 0.15) is 5.82 Å². The van der Waals surface area contributed by atoms with Crippen LogP contribution in [0.2, 0.25) is 0 Å². The number of ether oxygens (including phenoxy) is 1. The highest BCUT2D eigenvalue weighted by Gasteiger charge is 2.71. The lowest BCUT2D eigenvalue weighted by Gasteiger charge is -2.15. The maximum absolute atomic E-state index is 13.4. The largest absolute Gasteiger partial charge is 0.393 e. The average Bonchev–Trinajstić information content (AvgIpc) is 3.00. The van der Waals surface area contributed by atoms with E-state index in [4.69, 9.17) is 22.7 Å². The molecule has 0 spiro atoms. The number of methoxy groups -OCH3 is 1. The first-order valence-electron chi connectivity index (χ1n) is 5.98. The number of benzene rings is 1. The quantitative estimate of drug-likeness (QED) is 0.828. The van der Waals surface area contributed by atoms with Gasteiger partial charge in [0.2, 0.25) is 0 Å². The zero-order valence-corrected chi connectivity index (χ0v) is 12.8. The number of nitrogens with two attached hydrogens (primary N) is 1. The van der Waals surface area contributed by atoms with Crippen molar-refractivity contribution in [2.45, 2.75) is 11.2 Å². The van der Waals surface area contributed by atoms with Gasteiger partial charge in [-0.1, -0.05) is 24.4 Å². The molecule has 1 fully saturated rings. The standard InChI is InChI=1S/C13H16FNO3S2/c1-18-7-13(12(15)19)10(11(13)20(2,16)17)8-4-3-5-9(14)6-8/h3-6,10-11H,7H2,1-2H3,(H2,15,19)/t10-,11+,13-/m1/s1. The van der Waals surface area contributed by atoms with Gasteiger partial charge in [-0.25, -0.2) is 12.8 Å². The minimum Gasteiger partial charge on any atom is -0.393 e. The van der Waals surface area contributed by atoms with E-state index in [-0.39, 0.29) is 11.6 Å². The van der Waals surface area contributed by atoms with E-state index in [9.17, 15) is 12.8 Å². The van der Waals surface area contributed by atoms with Crippen LogP contribution in [-0.2, 0) is 14.6 Å². The SMILES string of the molecule is COC[C@@]1(C(N)=S)[C@H](c2cccc(F)c2)[C@@H]1S(C)(=O)=O. The fraction of sp³-hybridized carbons (Fsp3) is 0.462. The van der Waals surface area contributed by atoms with Crippen LogP contribution in [0, 0.1) is 11.2 Å². The van der Waals surface area contributed by atoms with Gasteiger partial charge in [0, 0.05) is 19.3 Å². The van der Waals surface area contributed by atoms with Crippen molar-refractivity contribution in [1.82, 2.24) is 0 Å². The Kier molecular flexibility index (Phi) is 3.88. The second-order valence-electron chi connectivity index (χ2n) is 5.12. The van der Waals surface area contributed by atoms with Crippen molar-refractivity contribution in [3.05, 3.63) is 35.6 Å². The Bertz CT molecular complexity index is 647. The number of hydrogen-bond donors (Lipinski definition) is 1. The predicted octanol–water partition coefficient (Wildman–Crippen LogP) is 1.26. The van der Waals surface area contributed by atoms with Gasteiger partial charge >= 0.3 is 0 Å². The maximum Gasteiger partial charge on any atom is 0.152 e. The summed E-state index contributed by atoms with van der Waals surface area (Å²) in [6.45, 7) is 0.0985. The van der Waals surface area contributed by atoms with Gasteiger partial charge in [-0.3, -0.25) is 0 Å². The van der Waals surface area contributed by atoms with Gasteiger partial charge in [-0.2, -0.15) is 0 Å². The minimum atomic E-state index is -3.38. The van der Waals surface area contributed by atoms with Crippen molar-refractivity contribution in [2.24, 2.45) is 11.1 Å². The molecule has 1 aliphatic carbocycles. The topological polar surface area (TPSA) is 69.4 Å². The van der Waals surface area contributed by atoms with Crippen LogP contribution in [0.3, 0.4) is 0 Å². The molecule has 1 aromatic carbocycles. The summed E-state index contributed by atoms with van der Waals surface area (Å²) >= 11 is 5.06. The zero-order chi connectivity index (χ0) is 15.1. The van der Waals surface area contributed by atoms with Gasteiger partial charge in [0.25, 0.3) is 0 Å². The van der Waals surface area contributed by atoms with Crippen molar-refractivity contribution >= 4 is 27.0 Å². The monoisotopic (exact) mass is 317 g/mol. The third-order valence-corrected chi connectivity index (χ3v) is 5.76. The summed E-state index contributed by atoms with van der Waals surface area (Å²) in [7, 11) is -1.93. The van der Waals surface area contributed by atoms with Crippen LogP contribution >= 0.6 is 12.2 Å². The summed E-state index contributed by atoms with van der Waals surface area (Å²) in [4.78, 5) is 0.0871. The highest BCUT2D eigenvalue weighted by molar-refractivity contribution is 7.92. The molecule has 0 aliphatic heterocycles. The van der Waals surface area contributed by atoms with Gasteiger partial charge in [0.05, 0.1) is 22.3 Å². The lowest BCUT2D eigenvalue weighted by atomic mass is 10.00. The van der Waals surface area contributed by atoms with Crippen LogP contribution < -0.4 is 5.73 Å². The molecule has 1 aliphatic rings. The van der Waals surface area contributed by atoms with Crippen molar-refractivity contribution in [2.75, 3.05) is 20.0 Å². The molecular weight excluding hydrogens is 301 g/mol. The number of rotatable bonds is 5. The first kappa shape index (κ1) is 15.3. The van der Waals surface area contributed by atoms with Crippen LogP contribution in [0.15, 0.2) is 24.3 Å². The molecule has 110 valence electrons. The third-order valence-electron chi connectivity index (χ3n) is 3.77. The first-order valence-corrected chi connectivity index (χ1v) is 8.34. The van der Waals surface area contributed by atoms with Gasteiger partial charge in [0.15, 0.2) is 9.84 Å². The van der Waals surface area contributed by atoms with Gasteiger partial charge in [-0.15, -0.1) is 0 Å². The van der Waals surface area contributed by atoms with Crippen molar-refractivity contribution in [3.8, 4) is 0 Å². The van der Waals surface area contributed by atoms with Gasteiger partial charge < -0.3 is 10.5 Å². The molecule has 0 saturated heterocycles. The molecule has 0 amide bonds. The fourth-order valence-electron chi connectivity index (χ4n) is 2.98. The second kappa shape index (κ2) is 5.05. The molecular formula is C13H16FNO3S2. The summed E-state index contributed by atoms with van der Waals surface area (Å²) in [5, 5.41) is -0.769. The Morgan fingerprint density at radius 3 is 2.65 bits per heavy atom. The van der Waals surface area contributed by atoms with E-state index >= 15 is 0 Å². The summed E-state index contributed by atoms with van der Waals surface area (Å²) in [6, 6.07) is 5.85. The predicted molar refractivity (Wildman–Crippen MR) is 78.9 cm³/mol. The molecule has 0 unspecified atom stereocenters. The van der Waals surface area contributed by atoms with Crippen LogP contribution in [0.1, 0.15) is 11.5 Å². The average molecular weight is 317 g/mol. The number of sulfone groups is 1. The van der Waals surface area contributed by atoms with Crippen LogP contribution in [0.25, 0.3) is 0 Å². The molecule has 7 heteroatoms. The normalized spacial score (nSPS) is 29.1. The highest BCUT2D eigenvalue weighted by atomic mass is 32.2. The molecule has 1 aromatic rings. The summed E-state index contributed by atoms with van der Waals surface area (Å²) < 4.78 is 42.5. The Hall–Kier alpha value is -1.05. The molecule has 0 heterocycles. The fourth-order valence-corrected chi connectivity index (χ4v) is 5.29. The maximum atomic E-state index is 13.4. The number of halogens is 1. The number of hydrogen-bond acceptors (Lipinski definition) is 4. The van der Waals surface area contributed by atoms with E-state index in [0.29, 0.717) is 5.56 Å². The molecule has 0 aromatic heterocycles. The van der Waals surface area contributed by atoms with Crippen molar-refractivity contribution in [1.29, 1.82) is 0 Å². The molecule has 3 atom stereocenters. The lowest BCUT2D eigenvalue weighted by Crippen LogP contribution is -2.32. The molecule has 1 saturated carbocycles. The Morgan fingerprint density at radius 2 is 2.20 bits per heavy atom. The second-order valence-corrected chi connectivity index (χ2v) is 7.73. The Labute approximate surface area is 123 Å². The lowest BCUT2D eigenvalue weighted by molar-refractivity contribution is 0.166. The van der Waals surface area contributed by atoms with E-state index in [1.54, 1.807) is 12.1 Å². The highest BCUT2D eigenvalue weighted by Crippen LogP contribution is 2.63. The summed E-state index contributed by atoms with van der Waals surface area (Å²) in [5.74, 6) is -0.887. The smallest absolute Gasteiger partial charge is 0.152 e. The van der Waals surface area contributed by atoms with E-state index in [0.717, 1.165) is 6.26 Å². The Morgan fingerprint density at radius 1 is 1.55 bits per heavy atom. The van der Waals surface area contributed by atoms with E-state index in [2.05, 4.69) is 0 Å². The van der Waals surface area contributed by atoms with Crippen LogP contribution in [0.4, 0.5) is 4.39 Å². The molecule has 0 radical (unpaired) electrons. The molecule has 4 nitrogen and oxygen atoms in total. The molecule has 2 rings (SSSR count). The van der Waals surface area contributed by atoms with Crippen molar-refractivity contribution in [3.63, 3.8) is 0 Å². The Balaban J connectivity index is 2.53. The molecule has 2 N–H and O–H groups in total. The summed E-state index contributed by atoms with van der Waals surface area (Å²) in [6.07, 6.45) is 1.14. The molecule has 20 heavy (non-hydrogen) atoms. The zero-order valence-electron chi connectivity index (χ0n) is 11.2. The third kappa shape index (κ3) is 2.34. The molecule has 0 bridgehead atoms. The number of thiocarbonyl (C=S) groups is 1. The van der Waals surface area contributed by atoms with Crippen molar-refractivity contribution < 1.29 is 17.5 Å². The van der Waals surface area contributed by atoms with E-state index < -0.39 is 32.2 Å². The van der Waals surface area contributed by atoms with Gasteiger partial charge in [-0.05, 0) is 17.7 Å². The van der Waals surface area contributed by atoms with Crippen LogP contribution in [-0.4, -0.2) is 38.6 Å². The first-order chi connectivity index (χ1) is 9.25. The summed E-state index contributed by atoms with van der Waals surface area (Å²) in [5.41, 5.74) is 5.39. The minimum absolute atomic E-state index is 0.0871.